The van der Waals surface area contributed by atoms with Crippen molar-refractivity contribution in [2.24, 2.45) is 5.92 Å². The summed E-state index contributed by atoms with van der Waals surface area (Å²) in [5.74, 6) is 0.531. The number of amides is 1. The lowest BCUT2D eigenvalue weighted by molar-refractivity contribution is 0.0731. The lowest BCUT2D eigenvalue weighted by Crippen LogP contribution is -2.37. The van der Waals surface area contributed by atoms with Crippen molar-refractivity contribution in [1.29, 1.82) is 0 Å². The topological polar surface area (TPSA) is 94.2 Å². The zero-order valence-corrected chi connectivity index (χ0v) is 18.2. The normalized spacial score (nSPS) is 16.5. The Morgan fingerprint density at radius 1 is 1.06 bits per heavy atom. The number of pyridine rings is 3. The second kappa shape index (κ2) is 9.34. The van der Waals surface area contributed by atoms with E-state index in [2.05, 4.69) is 39.2 Å². The van der Waals surface area contributed by atoms with E-state index in [1.54, 1.807) is 18.3 Å². The molecule has 1 fully saturated rings. The zero-order chi connectivity index (χ0) is 22.6. The highest BCUT2D eigenvalue weighted by Gasteiger charge is 2.25. The maximum Gasteiger partial charge on any atom is 0.272 e. The first kappa shape index (κ1) is 21.0. The number of nitrogens with zero attached hydrogens (tertiary/aromatic N) is 4. The molecule has 1 atom stereocenters. The van der Waals surface area contributed by atoms with E-state index in [4.69, 9.17) is 10.5 Å². The molecular weight excluding hydrogens is 414 g/mol. The fourth-order valence-electron chi connectivity index (χ4n) is 4.26. The van der Waals surface area contributed by atoms with Crippen molar-refractivity contribution < 1.29 is 9.53 Å². The molecule has 1 amide bonds. The highest BCUT2D eigenvalue weighted by molar-refractivity contribution is 5.93. The Labute approximate surface area is 192 Å². The van der Waals surface area contributed by atoms with E-state index in [9.17, 15) is 4.79 Å². The van der Waals surface area contributed by atoms with Gasteiger partial charge in [-0.1, -0.05) is 30.3 Å². The van der Waals surface area contributed by atoms with Gasteiger partial charge in [0, 0.05) is 42.4 Å². The Balaban J connectivity index is 1.35. The molecule has 7 heteroatoms. The van der Waals surface area contributed by atoms with Crippen LogP contribution in [-0.4, -0.2) is 52.1 Å². The molecule has 4 aromatic rings. The molecule has 3 aromatic heterocycles. The van der Waals surface area contributed by atoms with Crippen LogP contribution in [-0.2, 0) is 11.2 Å². The number of anilines is 1. The molecule has 33 heavy (non-hydrogen) atoms. The number of rotatable bonds is 4. The molecule has 0 unspecified atom stereocenters. The number of fused-ring (bicyclic) bond motifs is 1. The van der Waals surface area contributed by atoms with Crippen molar-refractivity contribution in [2.75, 3.05) is 32.0 Å². The SMILES string of the molecule is Nc1ccc(-c2cccc(C(=O)N3CCOC[C@H](Cc4cccc5cccnc45)C3)n2)cn1. The molecule has 0 bridgehead atoms. The Bertz CT molecular complexity index is 1270. The van der Waals surface area contributed by atoms with Crippen molar-refractivity contribution in [1.82, 2.24) is 19.9 Å². The van der Waals surface area contributed by atoms with E-state index in [-0.39, 0.29) is 11.8 Å². The maximum absolute atomic E-state index is 13.4. The summed E-state index contributed by atoms with van der Waals surface area (Å²) < 4.78 is 5.86. The van der Waals surface area contributed by atoms with Gasteiger partial charge in [0.15, 0.2) is 0 Å². The molecule has 1 saturated heterocycles. The van der Waals surface area contributed by atoms with Gasteiger partial charge in [0.1, 0.15) is 11.5 Å². The summed E-state index contributed by atoms with van der Waals surface area (Å²) in [4.78, 5) is 28.5. The van der Waals surface area contributed by atoms with Crippen LogP contribution in [0.4, 0.5) is 5.82 Å². The molecule has 0 saturated carbocycles. The minimum atomic E-state index is -0.0909. The van der Waals surface area contributed by atoms with Crippen LogP contribution in [0.2, 0.25) is 0 Å². The van der Waals surface area contributed by atoms with Crippen molar-refractivity contribution in [3.05, 3.63) is 84.3 Å². The monoisotopic (exact) mass is 439 g/mol. The lowest BCUT2D eigenvalue weighted by Gasteiger charge is -2.24. The summed E-state index contributed by atoms with van der Waals surface area (Å²) in [6.45, 7) is 2.27. The van der Waals surface area contributed by atoms with Crippen LogP contribution in [0.3, 0.4) is 0 Å². The van der Waals surface area contributed by atoms with Gasteiger partial charge in [0.2, 0.25) is 0 Å². The highest BCUT2D eigenvalue weighted by Crippen LogP contribution is 2.22. The number of benzene rings is 1. The summed E-state index contributed by atoms with van der Waals surface area (Å²) in [6.07, 6.45) is 4.28. The van der Waals surface area contributed by atoms with Crippen molar-refractivity contribution in [2.45, 2.75) is 6.42 Å². The van der Waals surface area contributed by atoms with Crippen LogP contribution in [0.1, 0.15) is 16.1 Å². The molecule has 7 nitrogen and oxygen atoms in total. The summed E-state index contributed by atoms with van der Waals surface area (Å²) >= 11 is 0. The quantitative estimate of drug-likeness (QED) is 0.522. The van der Waals surface area contributed by atoms with Gasteiger partial charge in [0.25, 0.3) is 5.91 Å². The second-order valence-electron chi connectivity index (χ2n) is 8.27. The number of nitrogens with two attached hydrogens (primary N) is 1. The number of nitrogen functional groups attached to an aromatic ring is 1. The standard InChI is InChI=1S/C26H25N5O2/c27-24-10-9-21(15-29-24)22-7-2-8-23(30-22)26(32)31-12-13-33-17-18(16-31)14-20-5-1-4-19-6-3-11-28-25(19)20/h1-11,15,18H,12-14,16-17H2,(H2,27,29)/t18-/m1/s1. The summed E-state index contributed by atoms with van der Waals surface area (Å²) in [7, 11) is 0. The van der Waals surface area contributed by atoms with Crippen LogP contribution < -0.4 is 5.73 Å². The predicted octanol–water partition coefficient (Wildman–Crippen LogP) is 3.61. The van der Waals surface area contributed by atoms with Crippen molar-refractivity contribution in [3.8, 4) is 11.3 Å². The van der Waals surface area contributed by atoms with Gasteiger partial charge in [-0.2, -0.15) is 0 Å². The smallest absolute Gasteiger partial charge is 0.272 e. The van der Waals surface area contributed by atoms with Gasteiger partial charge in [-0.15, -0.1) is 0 Å². The minimum absolute atomic E-state index is 0.0909. The number of para-hydroxylation sites is 1. The van der Waals surface area contributed by atoms with E-state index in [1.807, 2.05) is 35.4 Å². The Kier molecular flexibility index (Phi) is 5.95. The lowest BCUT2D eigenvalue weighted by atomic mass is 9.97. The molecule has 5 rings (SSSR count). The van der Waals surface area contributed by atoms with E-state index in [0.29, 0.717) is 43.5 Å². The van der Waals surface area contributed by atoms with Crippen LogP contribution >= 0.6 is 0 Å². The molecule has 1 aliphatic heterocycles. The molecule has 1 aliphatic rings. The van der Waals surface area contributed by atoms with Gasteiger partial charge in [0.05, 0.1) is 24.4 Å². The molecule has 4 heterocycles. The first-order valence-electron chi connectivity index (χ1n) is 11.1. The fraction of sp³-hybridized carbons (Fsp3) is 0.231. The average Bonchev–Trinajstić information content (AvgIpc) is 3.10. The second-order valence-corrected chi connectivity index (χ2v) is 8.27. The number of hydrogen-bond acceptors (Lipinski definition) is 6. The third kappa shape index (κ3) is 4.68. The van der Waals surface area contributed by atoms with Gasteiger partial charge in [-0.05, 0) is 42.3 Å². The molecule has 0 radical (unpaired) electrons. The summed E-state index contributed by atoms with van der Waals surface area (Å²) in [6, 6.07) is 19.3. The number of carbonyl (C=O) groups excluding carboxylic acids is 1. The fourth-order valence-corrected chi connectivity index (χ4v) is 4.26. The van der Waals surface area contributed by atoms with Crippen LogP contribution in [0.25, 0.3) is 22.2 Å². The van der Waals surface area contributed by atoms with Crippen molar-refractivity contribution in [3.63, 3.8) is 0 Å². The Morgan fingerprint density at radius 2 is 1.94 bits per heavy atom. The minimum Gasteiger partial charge on any atom is -0.384 e. The van der Waals surface area contributed by atoms with Crippen LogP contribution in [0, 0.1) is 5.92 Å². The number of hydrogen-bond donors (Lipinski definition) is 1. The maximum atomic E-state index is 13.4. The molecule has 2 N–H and O–H groups in total. The number of carbonyl (C=O) groups is 1. The first-order valence-corrected chi connectivity index (χ1v) is 11.1. The van der Waals surface area contributed by atoms with E-state index < -0.39 is 0 Å². The molecule has 1 aromatic carbocycles. The molecule has 166 valence electrons. The third-order valence-corrected chi connectivity index (χ3v) is 5.90. The van der Waals surface area contributed by atoms with Crippen LogP contribution in [0.15, 0.2) is 73.1 Å². The Hall–Kier alpha value is -3.84. The zero-order valence-electron chi connectivity index (χ0n) is 18.2. The van der Waals surface area contributed by atoms with Crippen molar-refractivity contribution >= 4 is 22.6 Å². The average molecular weight is 440 g/mol. The van der Waals surface area contributed by atoms with Crippen LogP contribution in [0.5, 0.6) is 0 Å². The van der Waals surface area contributed by atoms with E-state index in [1.165, 1.54) is 5.56 Å². The van der Waals surface area contributed by atoms with E-state index in [0.717, 1.165) is 22.9 Å². The molecule has 0 aliphatic carbocycles. The number of aromatic nitrogens is 3. The Morgan fingerprint density at radius 3 is 2.82 bits per heavy atom. The molecular formula is C26H25N5O2. The molecule has 0 spiro atoms. The van der Waals surface area contributed by atoms with Gasteiger partial charge >= 0.3 is 0 Å². The van der Waals surface area contributed by atoms with Gasteiger partial charge in [-0.25, -0.2) is 9.97 Å². The largest absolute Gasteiger partial charge is 0.384 e. The predicted molar refractivity (Wildman–Crippen MR) is 128 cm³/mol. The summed E-state index contributed by atoms with van der Waals surface area (Å²) in [5, 5.41) is 1.12. The van der Waals surface area contributed by atoms with E-state index >= 15 is 0 Å². The first-order chi connectivity index (χ1) is 16.2. The number of ether oxygens (including phenoxy) is 1. The van der Waals surface area contributed by atoms with Gasteiger partial charge < -0.3 is 15.4 Å². The highest BCUT2D eigenvalue weighted by atomic mass is 16.5. The third-order valence-electron chi connectivity index (χ3n) is 5.90. The van der Waals surface area contributed by atoms with Gasteiger partial charge in [-0.3, -0.25) is 9.78 Å². The summed E-state index contributed by atoms with van der Waals surface area (Å²) in [5.41, 5.74) is 9.79.